The standard InChI is InChI=1S/C33H20F3N3O4S/c34-33(35,36)32(42)43-28-20-14-21(29(28)44-15-8-2-1-3-9-15)39-19-13-7-5-11-17(19)23-25-24(30(40)37-31(25)41)22-16-10-4-6-12-18(16)38(20)26(22)27(23)39/h1-13,20-21,28-29H,14H2,(H,37,40,41)/t20-,21+,28+,29+/m0/s1. The molecule has 3 aliphatic rings. The Morgan fingerprint density at radius 2 is 1.30 bits per heavy atom. The number of aromatic nitrogens is 2. The van der Waals surface area contributed by atoms with E-state index in [-0.39, 0.29) is 5.56 Å². The summed E-state index contributed by atoms with van der Waals surface area (Å²) in [5, 5.41) is 4.54. The van der Waals surface area contributed by atoms with Crippen LogP contribution in [-0.2, 0) is 9.53 Å². The minimum absolute atomic E-state index is 0.257. The lowest BCUT2D eigenvalue weighted by atomic mass is 9.96. The second-order valence-corrected chi connectivity index (χ2v) is 12.6. The molecule has 0 radical (unpaired) electrons. The maximum Gasteiger partial charge on any atom is 0.490 e. The van der Waals surface area contributed by atoms with Gasteiger partial charge in [0.2, 0.25) is 0 Å². The number of hydrogen-bond donors (Lipinski definition) is 1. The third kappa shape index (κ3) is 3.22. The van der Waals surface area contributed by atoms with Gasteiger partial charge in [-0.15, -0.1) is 11.8 Å². The highest BCUT2D eigenvalue weighted by atomic mass is 32.2. The summed E-state index contributed by atoms with van der Waals surface area (Å²) in [5.41, 5.74) is 3.42. The van der Waals surface area contributed by atoms with Gasteiger partial charge in [-0.2, -0.15) is 13.2 Å². The van der Waals surface area contributed by atoms with Gasteiger partial charge < -0.3 is 13.9 Å². The minimum Gasteiger partial charge on any atom is -0.452 e. The van der Waals surface area contributed by atoms with Crippen LogP contribution < -0.4 is 5.32 Å². The van der Waals surface area contributed by atoms with Gasteiger partial charge in [0.15, 0.2) is 0 Å². The Balaban J connectivity index is 1.45. The molecular formula is C33H20F3N3O4S. The molecule has 44 heavy (non-hydrogen) atoms. The topological polar surface area (TPSA) is 82.3 Å². The van der Waals surface area contributed by atoms with Crippen LogP contribution in [0.5, 0.6) is 0 Å². The molecule has 1 saturated carbocycles. The van der Waals surface area contributed by atoms with E-state index in [4.69, 9.17) is 4.74 Å². The third-order valence-corrected chi connectivity index (χ3v) is 10.6. The van der Waals surface area contributed by atoms with E-state index >= 15 is 0 Å². The molecule has 1 aliphatic carbocycles. The van der Waals surface area contributed by atoms with Gasteiger partial charge >= 0.3 is 12.1 Å². The minimum atomic E-state index is -5.17. The number of halogens is 3. The van der Waals surface area contributed by atoms with E-state index in [0.717, 1.165) is 21.3 Å². The smallest absolute Gasteiger partial charge is 0.452 e. The Labute approximate surface area is 250 Å². The Hall–Kier alpha value is -4.77. The summed E-state index contributed by atoms with van der Waals surface area (Å²) >= 11 is 1.38. The molecule has 6 aromatic rings. The van der Waals surface area contributed by atoms with Gasteiger partial charge in [-0.05, 0) is 30.7 Å². The summed E-state index contributed by atoms with van der Waals surface area (Å²) in [6, 6.07) is 23.2. The number of carbonyl (C=O) groups is 3. The van der Waals surface area contributed by atoms with Gasteiger partial charge in [0, 0.05) is 37.5 Å². The van der Waals surface area contributed by atoms with Gasteiger partial charge in [-0.1, -0.05) is 54.6 Å². The Bertz CT molecular complexity index is 2270. The van der Waals surface area contributed by atoms with Gasteiger partial charge in [0.05, 0.1) is 39.5 Å². The fourth-order valence-corrected chi connectivity index (χ4v) is 9.11. The molecular weight excluding hydrogens is 591 g/mol. The summed E-state index contributed by atoms with van der Waals surface area (Å²) in [4.78, 5) is 40.2. The number of imide groups is 1. The number of hydrogen-bond acceptors (Lipinski definition) is 5. The zero-order chi connectivity index (χ0) is 30.1. The van der Waals surface area contributed by atoms with E-state index in [1.807, 2.05) is 83.4 Å². The lowest BCUT2D eigenvalue weighted by Crippen LogP contribution is -2.38. The number of rotatable bonds is 3. The number of amides is 2. The molecule has 2 aromatic heterocycles. The van der Waals surface area contributed by atoms with Crippen LogP contribution in [0.25, 0.3) is 43.6 Å². The maximum absolute atomic E-state index is 13.7. The van der Waals surface area contributed by atoms with Gasteiger partial charge in [0.1, 0.15) is 6.10 Å². The molecule has 9 rings (SSSR count). The predicted octanol–water partition coefficient (Wildman–Crippen LogP) is 6.92. The molecule has 4 heterocycles. The Kier molecular flexibility index (Phi) is 5.06. The van der Waals surface area contributed by atoms with Crippen molar-refractivity contribution in [3.8, 4) is 0 Å². The maximum atomic E-state index is 13.7. The largest absolute Gasteiger partial charge is 0.490 e. The van der Waals surface area contributed by atoms with Crippen LogP contribution in [0.2, 0.25) is 0 Å². The molecule has 2 bridgehead atoms. The normalized spacial score (nSPS) is 22.3. The average Bonchev–Trinajstić information content (AvgIpc) is 3.68. The van der Waals surface area contributed by atoms with E-state index in [2.05, 4.69) is 9.88 Å². The lowest BCUT2D eigenvalue weighted by Gasteiger charge is -2.30. The summed E-state index contributed by atoms with van der Waals surface area (Å²) in [6.45, 7) is 0. The highest BCUT2D eigenvalue weighted by Crippen LogP contribution is 2.57. The molecule has 4 aromatic carbocycles. The van der Waals surface area contributed by atoms with E-state index < -0.39 is 47.4 Å². The van der Waals surface area contributed by atoms with Crippen molar-refractivity contribution in [2.45, 2.75) is 40.9 Å². The van der Waals surface area contributed by atoms with E-state index in [0.29, 0.717) is 39.2 Å². The van der Waals surface area contributed by atoms with Crippen LogP contribution in [0.3, 0.4) is 0 Å². The number of thioether (sulfide) groups is 1. The molecule has 11 heteroatoms. The molecule has 2 amide bonds. The number of nitrogens with zero attached hydrogens (tertiary/aromatic N) is 2. The van der Waals surface area contributed by atoms with E-state index in [1.54, 1.807) is 0 Å². The highest BCUT2D eigenvalue weighted by Gasteiger charge is 2.54. The highest BCUT2D eigenvalue weighted by molar-refractivity contribution is 8.00. The summed E-state index contributed by atoms with van der Waals surface area (Å²) < 4.78 is 50.8. The molecule has 0 unspecified atom stereocenters. The van der Waals surface area contributed by atoms with Gasteiger partial charge in [0.25, 0.3) is 11.8 Å². The first kappa shape index (κ1) is 25.7. The third-order valence-electron chi connectivity index (χ3n) is 9.20. The SMILES string of the molecule is O=C1NC(=O)c2c1c1c3ccccc3n3c1c1c2c2ccccc2n1[C@H]1C[C@@H]3[C@@H](Sc2ccccc2)[C@@H]1OC(=O)C(F)(F)F. The van der Waals surface area contributed by atoms with Gasteiger partial charge in [-0.25, -0.2) is 4.79 Å². The molecule has 218 valence electrons. The number of esters is 1. The van der Waals surface area contributed by atoms with Crippen molar-refractivity contribution >= 4 is 73.2 Å². The van der Waals surface area contributed by atoms with Crippen LogP contribution in [0.15, 0.2) is 83.8 Å². The van der Waals surface area contributed by atoms with Gasteiger partial charge in [-0.3, -0.25) is 14.9 Å². The first-order valence-electron chi connectivity index (χ1n) is 14.1. The number of nitrogens with one attached hydrogen (secondary N) is 1. The number of benzene rings is 4. The second kappa shape index (κ2) is 8.66. The molecule has 1 fully saturated rings. The quantitative estimate of drug-likeness (QED) is 0.174. The lowest BCUT2D eigenvalue weighted by molar-refractivity contribution is -0.205. The van der Waals surface area contributed by atoms with E-state index in [9.17, 15) is 27.6 Å². The number of ether oxygens (including phenoxy) is 1. The molecule has 4 atom stereocenters. The number of para-hydroxylation sites is 2. The van der Waals surface area contributed by atoms with Crippen LogP contribution in [0.1, 0.15) is 39.2 Å². The first-order valence-corrected chi connectivity index (χ1v) is 15.0. The van der Waals surface area contributed by atoms with Crippen molar-refractivity contribution < 1.29 is 32.3 Å². The molecule has 0 spiro atoms. The fraction of sp³-hybridized carbons (Fsp3) is 0.182. The number of alkyl halides is 3. The molecule has 0 saturated heterocycles. The summed E-state index contributed by atoms with van der Waals surface area (Å²) in [5.74, 6) is -3.23. The van der Waals surface area contributed by atoms with Crippen molar-refractivity contribution in [1.29, 1.82) is 0 Å². The van der Waals surface area contributed by atoms with Crippen molar-refractivity contribution in [1.82, 2.24) is 14.5 Å². The summed E-state index contributed by atoms with van der Waals surface area (Å²) in [6.07, 6.45) is -5.97. The summed E-state index contributed by atoms with van der Waals surface area (Å²) in [7, 11) is 0. The average molecular weight is 612 g/mol. The van der Waals surface area contributed by atoms with Crippen molar-refractivity contribution in [2.24, 2.45) is 0 Å². The van der Waals surface area contributed by atoms with Crippen molar-refractivity contribution in [3.63, 3.8) is 0 Å². The molecule has 2 aliphatic heterocycles. The molecule has 7 nitrogen and oxygen atoms in total. The van der Waals surface area contributed by atoms with Crippen molar-refractivity contribution in [3.05, 3.63) is 90.0 Å². The molecule has 1 N–H and O–H groups in total. The van der Waals surface area contributed by atoms with Crippen LogP contribution in [0, 0.1) is 0 Å². The van der Waals surface area contributed by atoms with E-state index in [1.165, 1.54) is 11.8 Å². The zero-order valence-corrected chi connectivity index (χ0v) is 23.4. The van der Waals surface area contributed by atoms with Crippen LogP contribution in [-0.4, -0.2) is 44.4 Å². The monoisotopic (exact) mass is 611 g/mol. The predicted molar refractivity (Wildman–Crippen MR) is 159 cm³/mol. The second-order valence-electron chi connectivity index (χ2n) is 11.4. The Morgan fingerprint density at radius 1 is 0.773 bits per heavy atom. The first-order chi connectivity index (χ1) is 21.2. The fourth-order valence-electron chi connectivity index (χ4n) is 7.72. The van der Waals surface area contributed by atoms with Crippen molar-refractivity contribution in [2.75, 3.05) is 0 Å². The number of carbonyl (C=O) groups excluding carboxylic acids is 3. The van der Waals surface area contributed by atoms with Crippen LogP contribution >= 0.6 is 11.8 Å². The van der Waals surface area contributed by atoms with Crippen LogP contribution in [0.4, 0.5) is 13.2 Å². The zero-order valence-electron chi connectivity index (χ0n) is 22.6. The Morgan fingerprint density at radius 3 is 1.86 bits per heavy atom. The number of fused-ring (bicyclic) bond motifs is 13.